The second-order valence-corrected chi connectivity index (χ2v) is 6.44. The number of carbonyl (C=O) groups excluding carboxylic acids is 1. The van der Waals surface area contributed by atoms with Gasteiger partial charge in [-0.3, -0.25) is 4.79 Å². The van der Waals surface area contributed by atoms with Crippen LogP contribution in [0.2, 0.25) is 0 Å². The lowest BCUT2D eigenvalue weighted by Gasteiger charge is -2.12. The molecule has 0 bridgehead atoms. The Hall–Kier alpha value is -3.12. The third-order valence-corrected chi connectivity index (χ3v) is 4.42. The lowest BCUT2D eigenvalue weighted by molar-refractivity contribution is 0.0680. The Kier molecular flexibility index (Phi) is 5.16. The summed E-state index contributed by atoms with van der Waals surface area (Å²) in [7, 11) is 0. The zero-order valence-electron chi connectivity index (χ0n) is 14.9. The monoisotopic (exact) mass is 363 g/mol. The summed E-state index contributed by atoms with van der Waals surface area (Å²) in [6.07, 6.45) is 5.54. The van der Waals surface area contributed by atoms with Crippen molar-refractivity contribution in [1.82, 2.24) is 9.78 Å². The molecule has 138 valence electrons. The molecule has 2 heterocycles. The average molecular weight is 363 g/mol. The molecule has 0 saturated carbocycles. The van der Waals surface area contributed by atoms with E-state index in [1.54, 1.807) is 17.1 Å². The smallest absolute Gasteiger partial charge is 0.258 e. The molecule has 2 aromatic carbocycles. The summed E-state index contributed by atoms with van der Waals surface area (Å²) in [4.78, 5) is 12.5. The molecule has 1 N–H and O–H groups in total. The lowest BCUT2D eigenvalue weighted by atomic mass is 10.2. The maximum Gasteiger partial charge on any atom is 0.258 e. The first-order valence-corrected chi connectivity index (χ1v) is 9.04. The Balaban J connectivity index is 1.39. The van der Waals surface area contributed by atoms with E-state index in [0.29, 0.717) is 23.6 Å². The molecule has 0 spiro atoms. The third kappa shape index (κ3) is 4.35. The molecule has 3 aromatic rings. The van der Waals surface area contributed by atoms with Crippen molar-refractivity contribution in [1.29, 1.82) is 0 Å². The van der Waals surface area contributed by atoms with Crippen LogP contribution in [0, 0.1) is 0 Å². The first-order chi connectivity index (χ1) is 13.3. The van der Waals surface area contributed by atoms with Gasteiger partial charge in [0.25, 0.3) is 5.91 Å². The minimum absolute atomic E-state index is 0.159. The largest absolute Gasteiger partial charge is 0.491 e. The zero-order chi connectivity index (χ0) is 18.5. The molecule has 1 aliphatic heterocycles. The number of benzene rings is 2. The molecule has 1 fully saturated rings. The summed E-state index contributed by atoms with van der Waals surface area (Å²) in [5.41, 5.74) is 2.07. The Labute approximate surface area is 157 Å². The number of hydrogen-bond acceptors (Lipinski definition) is 4. The van der Waals surface area contributed by atoms with Gasteiger partial charge >= 0.3 is 0 Å². The summed E-state index contributed by atoms with van der Waals surface area (Å²) >= 11 is 0. The van der Waals surface area contributed by atoms with Crippen molar-refractivity contribution < 1.29 is 14.3 Å². The maximum absolute atomic E-state index is 12.5. The van der Waals surface area contributed by atoms with E-state index < -0.39 is 0 Å². The van der Waals surface area contributed by atoms with Crippen LogP contribution in [0.1, 0.15) is 23.2 Å². The van der Waals surface area contributed by atoms with E-state index >= 15 is 0 Å². The third-order valence-electron chi connectivity index (χ3n) is 4.42. The topological polar surface area (TPSA) is 65.4 Å². The molecule has 4 rings (SSSR count). The van der Waals surface area contributed by atoms with Crippen LogP contribution in [0.3, 0.4) is 0 Å². The molecule has 1 aliphatic rings. The van der Waals surface area contributed by atoms with E-state index in [2.05, 4.69) is 10.4 Å². The van der Waals surface area contributed by atoms with Gasteiger partial charge in [0.2, 0.25) is 0 Å². The van der Waals surface area contributed by atoms with Gasteiger partial charge in [0.15, 0.2) is 0 Å². The van der Waals surface area contributed by atoms with Crippen molar-refractivity contribution >= 4 is 11.6 Å². The van der Waals surface area contributed by atoms with Gasteiger partial charge < -0.3 is 14.8 Å². The number of anilines is 1. The van der Waals surface area contributed by atoms with Crippen molar-refractivity contribution in [3.05, 3.63) is 72.6 Å². The lowest BCUT2D eigenvalue weighted by Crippen LogP contribution is -2.16. The van der Waals surface area contributed by atoms with Crippen LogP contribution in [0.4, 0.5) is 5.69 Å². The Morgan fingerprint density at radius 1 is 1.22 bits per heavy atom. The molecule has 0 aliphatic carbocycles. The molecule has 1 unspecified atom stereocenters. The highest BCUT2D eigenvalue weighted by atomic mass is 16.5. The number of hydrogen-bond donors (Lipinski definition) is 1. The summed E-state index contributed by atoms with van der Waals surface area (Å²) < 4.78 is 13.0. The predicted molar refractivity (Wildman–Crippen MR) is 102 cm³/mol. The Morgan fingerprint density at radius 3 is 2.93 bits per heavy atom. The number of amides is 1. The van der Waals surface area contributed by atoms with Crippen molar-refractivity contribution in [3.63, 3.8) is 0 Å². The van der Waals surface area contributed by atoms with E-state index in [9.17, 15) is 4.79 Å². The summed E-state index contributed by atoms with van der Waals surface area (Å²) in [5.74, 6) is 0.497. The van der Waals surface area contributed by atoms with Gasteiger partial charge in [-0.05, 0) is 37.1 Å². The highest BCUT2D eigenvalue weighted by Crippen LogP contribution is 2.20. The average Bonchev–Trinajstić information content (AvgIpc) is 3.39. The van der Waals surface area contributed by atoms with Crippen molar-refractivity contribution in [3.8, 4) is 11.4 Å². The SMILES string of the molecule is O=C(Nc1cccc(OCC2CCCO2)c1)c1cnn(-c2ccccc2)c1. The van der Waals surface area contributed by atoms with E-state index in [0.717, 1.165) is 25.1 Å². The van der Waals surface area contributed by atoms with Gasteiger partial charge in [0.05, 0.1) is 23.6 Å². The number of rotatable bonds is 6. The van der Waals surface area contributed by atoms with Gasteiger partial charge in [-0.2, -0.15) is 5.10 Å². The summed E-state index contributed by atoms with van der Waals surface area (Å²) in [6.45, 7) is 1.34. The molecule has 1 saturated heterocycles. The minimum Gasteiger partial charge on any atom is -0.491 e. The molecule has 6 heteroatoms. The van der Waals surface area contributed by atoms with Gasteiger partial charge in [-0.25, -0.2) is 4.68 Å². The quantitative estimate of drug-likeness (QED) is 0.725. The van der Waals surface area contributed by atoms with Crippen molar-refractivity contribution in [2.45, 2.75) is 18.9 Å². The number of nitrogens with one attached hydrogen (secondary N) is 1. The van der Waals surface area contributed by atoms with Crippen LogP contribution in [0.25, 0.3) is 5.69 Å². The molecule has 27 heavy (non-hydrogen) atoms. The fraction of sp³-hybridized carbons (Fsp3) is 0.238. The maximum atomic E-state index is 12.5. The first kappa shape index (κ1) is 17.3. The van der Waals surface area contributed by atoms with Crippen LogP contribution >= 0.6 is 0 Å². The fourth-order valence-corrected chi connectivity index (χ4v) is 2.99. The van der Waals surface area contributed by atoms with Crippen LogP contribution in [0.15, 0.2) is 67.0 Å². The van der Waals surface area contributed by atoms with E-state index in [1.807, 2.05) is 54.6 Å². The van der Waals surface area contributed by atoms with Crippen LogP contribution in [-0.2, 0) is 4.74 Å². The van der Waals surface area contributed by atoms with Crippen LogP contribution < -0.4 is 10.1 Å². The number of carbonyl (C=O) groups is 1. The molecule has 1 atom stereocenters. The van der Waals surface area contributed by atoms with Gasteiger partial charge in [0, 0.05) is 24.6 Å². The molecule has 0 radical (unpaired) electrons. The second kappa shape index (κ2) is 8.05. The molecule has 6 nitrogen and oxygen atoms in total. The van der Waals surface area contributed by atoms with Crippen molar-refractivity contribution in [2.75, 3.05) is 18.5 Å². The molecular formula is C21H21N3O3. The van der Waals surface area contributed by atoms with Crippen LogP contribution in [0.5, 0.6) is 5.75 Å². The second-order valence-electron chi connectivity index (χ2n) is 6.44. The van der Waals surface area contributed by atoms with Crippen molar-refractivity contribution in [2.24, 2.45) is 0 Å². The highest BCUT2D eigenvalue weighted by Gasteiger charge is 2.16. The molecular weight excluding hydrogens is 342 g/mol. The Bertz CT molecular complexity index is 902. The number of aromatic nitrogens is 2. The normalized spacial score (nSPS) is 16.2. The van der Waals surface area contributed by atoms with E-state index in [-0.39, 0.29) is 12.0 Å². The highest BCUT2D eigenvalue weighted by molar-refractivity contribution is 6.04. The summed E-state index contributed by atoms with van der Waals surface area (Å²) in [6, 6.07) is 17.0. The standard InChI is InChI=1S/C21H21N3O3/c25-21(16-13-22-24(14-16)18-7-2-1-3-8-18)23-17-6-4-9-19(12-17)27-15-20-10-5-11-26-20/h1-4,6-9,12-14,20H,5,10-11,15H2,(H,23,25). The predicted octanol–water partition coefficient (Wildman–Crippen LogP) is 3.68. The molecule has 1 amide bonds. The Morgan fingerprint density at radius 2 is 2.11 bits per heavy atom. The molecule has 1 aromatic heterocycles. The minimum atomic E-state index is -0.214. The number of para-hydroxylation sites is 1. The first-order valence-electron chi connectivity index (χ1n) is 9.04. The van der Waals surface area contributed by atoms with E-state index in [4.69, 9.17) is 9.47 Å². The van der Waals surface area contributed by atoms with Gasteiger partial charge in [-0.15, -0.1) is 0 Å². The van der Waals surface area contributed by atoms with Gasteiger partial charge in [-0.1, -0.05) is 24.3 Å². The number of ether oxygens (including phenoxy) is 2. The van der Waals surface area contributed by atoms with Gasteiger partial charge in [0.1, 0.15) is 12.4 Å². The van der Waals surface area contributed by atoms with Crippen LogP contribution in [-0.4, -0.2) is 35.0 Å². The number of nitrogens with zero attached hydrogens (tertiary/aromatic N) is 2. The summed E-state index contributed by atoms with van der Waals surface area (Å²) in [5, 5.41) is 7.15. The zero-order valence-corrected chi connectivity index (χ0v) is 14.9. The van der Waals surface area contributed by atoms with E-state index in [1.165, 1.54) is 0 Å². The fourth-order valence-electron chi connectivity index (χ4n) is 2.99.